The summed E-state index contributed by atoms with van der Waals surface area (Å²) in [5, 5.41) is 52.0. The first-order chi connectivity index (χ1) is 16.8. The number of ether oxygens (including phenoxy) is 2. The predicted molar refractivity (Wildman–Crippen MR) is 113 cm³/mol. The molecule has 0 aromatic carbocycles. The second-order valence-electron chi connectivity index (χ2n) is 8.57. The number of hydrogen-bond acceptors (Lipinski definition) is 10. The number of halogens is 1. The summed E-state index contributed by atoms with van der Waals surface area (Å²) in [5.74, 6) is -7.51. The summed E-state index contributed by atoms with van der Waals surface area (Å²) >= 11 is 0. The van der Waals surface area contributed by atoms with Gasteiger partial charge < -0.3 is 45.2 Å². The van der Waals surface area contributed by atoms with Gasteiger partial charge in [-0.25, -0.2) is 9.18 Å². The second-order valence-corrected chi connectivity index (χ2v) is 8.57. The van der Waals surface area contributed by atoms with Gasteiger partial charge in [-0.05, 0) is 19.3 Å². The third-order valence-electron chi connectivity index (χ3n) is 5.87. The van der Waals surface area contributed by atoms with Crippen LogP contribution in [0.25, 0.3) is 0 Å². The lowest BCUT2D eigenvalue weighted by atomic mass is 9.87. The van der Waals surface area contributed by atoms with Crippen molar-refractivity contribution in [2.75, 3.05) is 19.7 Å². The van der Waals surface area contributed by atoms with Crippen LogP contribution in [-0.4, -0.2) is 116 Å². The first-order valence-electron chi connectivity index (χ1n) is 11.8. The highest BCUT2D eigenvalue weighted by Crippen LogP contribution is 2.33. The fourth-order valence-electron chi connectivity index (χ4n) is 3.93. The zero-order valence-electron chi connectivity index (χ0n) is 20.2. The molecule has 8 atom stereocenters. The number of aliphatic hydroxyl groups is 4. The lowest BCUT2D eigenvalue weighted by molar-refractivity contribution is -0.320. The van der Waals surface area contributed by atoms with Crippen molar-refractivity contribution in [2.45, 2.75) is 87.8 Å². The number of unbranched alkanes of at least 4 members (excludes halogenated alkanes) is 2. The summed E-state index contributed by atoms with van der Waals surface area (Å²) in [4.78, 5) is 48.0. The first kappa shape index (κ1) is 27.2. The number of esters is 1. The maximum Gasteiger partial charge on any atom is 0.367 e. The Balaban J connectivity index is 1.84. The molecular formula is C21H33FN2O11. The van der Waals surface area contributed by atoms with E-state index in [1.165, 1.54) is 0 Å². The van der Waals surface area contributed by atoms with Crippen molar-refractivity contribution in [1.82, 2.24) is 10.2 Å². The van der Waals surface area contributed by atoms with Gasteiger partial charge in [-0.15, -0.1) is 0 Å². The molecule has 2 fully saturated rings. The minimum Gasteiger partial charge on any atom is -0.477 e. The number of nitrogens with one attached hydrogen (secondary N) is 1. The van der Waals surface area contributed by atoms with Crippen LogP contribution in [0.1, 0.15) is 46.8 Å². The van der Waals surface area contributed by atoms with Gasteiger partial charge in [-0.2, -0.15) is 0 Å². The number of likely N-dealkylation sites (tertiary alicyclic amines) is 1. The standard InChI is InChI=1S/C21H33FN2O11/c1-11(25)23-15-17(30)19(22)21(33,20(31)32)35-18(15)16(29)12(26)10-34-14(28)7-3-2-4-8-24-9-5-6-13(24)27/h12,15-19,26,29-30,33H,2-10H2,1H3,(H,23,25)(H,31,32)/t12-,15-,16-,17-,18-,19?,21?/m1/s1/i6T/t6?,12-,15-,16-,17-,18-,19?,21?. The molecule has 0 aliphatic carbocycles. The number of aliphatic hydroxyl groups excluding tert-OH is 3. The molecule has 0 aromatic heterocycles. The Morgan fingerprint density at radius 2 is 2.03 bits per heavy atom. The van der Waals surface area contributed by atoms with Gasteiger partial charge >= 0.3 is 17.7 Å². The molecular weight excluding hydrogens is 475 g/mol. The van der Waals surface area contributed by atoms with Crippen molar-refractivity contribution in [1.29, 1.82) is 0 Å². The minimum atomic E-state index is -3.57. The van der Waals surface area contributed by atoms with E-state index >= 15 is 0 Å². The predicted octanol–water partition coefficient (Wildman–Crippen LogP) is -2.19. The number of rotatable bonds is 12. The number of carboxylic acids is 1. The maximum absolute atomic E-state index is 14.4. The average Bonchev–Trinajstić information content (AvgIpc) is 3.14. The Morgan fingerprint density at radius 1 is 1.34 bits per heavy atom. The number of carbonyl (C=O) groups is 4. The van der Waals surface area contributed by atoms with Crippen LogP contribution in [0.2, 0.25) is 0 Å². The molecule has 0 aromatic rings. The van der Waals surface area contributed by atoms with Gasteiger partial charge in [-0.3, -0.25) is 14.4 Å². The highest BCUT2D eigenvalue weighted by atomic mass is 19.1. The zero-order valence-corrected chi connectivity index (χ0v) is 19.2. The molecule has 0 spiro atoms. The molecule has 200 valence electrons. The smallest absolute Gasteiger partial charge is 0.367 e. The molecule has 0 radical (unpaired) electrons. The van der Waals surface area contributed by atoms with Crippen LogP contribution in [0.15, 0.2) is 0 Å². The molecule has 3 unspecified atom stereocenters. The van der Waals surface area contributed by atoms with E-state index < -0.39 is 73.3 Å². The molecule has 2 heterocycles. The van der Waals surface area contributed by atoms with Crippen molar-refractivity contribution in [3.63, 3.8) is 0 Å². The Hall–Kier alpha value is -2.39. The van der Waals surface area contributed by atoms with E-state index in [-0.39, 0.29) is 12.3 Å². The molecule has 0 bridgehead atoms. The maximum atomic E-state index is 14.4. The van der Waals surface area contributed by atoms with E-state index in [0.717, 1.165) is 6.92 Å². The largest absolute Gasteiger partial charge is 0.477 e. The van der Waals surface area contributed by atoms with E-state index in [9.17, 15) is 44.0 Å². The van der Waals surface area contributed by atoms with E-state index in [2.05, 4.69) is 5.32 Å². The SMILES string of the molecule is [3H]C1CCN(CCCCCC(=O)OC[C@@H](O)[C@@H](O)[C@@H]2OC(O)(C(=O)O)C(F)[C@H](O)[C@H]2NC(C)=O)C1=O. The van der Waals surface area contributed by atoms with Crippen molar-refractivity contribution >= 4 is 23.8 Å². The Bertz CT molecular complexity index is 821. The van der Waals surface area contributed by atoms with Crippen LogP contribution >= 0.6 is 0 Å². The van der Waals surface area contributed by atoms with Crippen LogP contribution in [0.4, 0.5) is 4.39 Å². The summed E-state index contributed by atoms with van der Waals surface area (Å²) in [6, 6.07) is -1.75. The van der Waals surface area contributed by atoms with Crippen LogP contribution in [0.3, 0.4) is 0 Å². The molecule has 2 aliphatic rings. The Morgan fingerprint density at radius 3 is 2.60 bits per heavy atom. The van der Waals surface area contributed by atoms with Gasteiger partial charge in [0.05, 0.1) is 6.04 Å². The summed E-state index contributed by atoms with van der Waals surface area (Å²) in [6.45, 7) is 1.24. The lowest BCUT2D eigenvalue weighted by Crippen LogP contribution is -2.72. The molecule has 2 aliphatic heterocycles. The third-order valence-corrected chi connectivity index (χ3v) is 5.87. The molecule has 2 rings (SSSR count). The molecule has 13 nitrogen and oxygen atoms in total. The number of alkyl halides is 1. The van der Waals surface area contributed by atoms with Gasteiger partial charge in [0.2, 0.25) is 11.8 Å². The van der Waals surface area contributed by atoms with Gasteiger partial charge in [0.25, 0.3) is 0 Å². The Kier molecular flexibility index (Phi) is 9.74. The Labute approximate surface area is 202 Å². The molecule has 6 N–H and O–H groups in total. The molecule has 0 saturated carbocycles. The van der Waals surface area contributed by atoms with E-state index in [0.29, 0.717) is 38.8 Å². The van der Waals surface area contributed by atoms with Crippen molar-refractivity contribution in [3.8, 4) is 0 Å². The summed E-state index contributed by atoms with van der Waals surface area (Å²) in [6.07, 6.45) is -9.84. The van der Waals surface area contributed by atoms with Gasteiger partial charge in [0, 0.05) is 34.2 Å². The number of hydrogen-bond donors (Lipinski definition) is 6. The molecule has 2 saturated heterocycles. The number of carbonyl (C=O) groups excluding carboxylic acids is 3. The van der Waals surface area contributed by atoms with Crippen LogP contribution in [0, 0.1) is 0 Å². The summed E-state index contributed by atoms with van der Waals surface area (Å²) in [5.41, 5.74) is 0. The number of aliphatic carboxylic acids is 1. The van der Waals surface area contributed by atoms with Gasteiger partial charge in [-0.1, -0.05) is 6.42 Å². The van der Waals surface area contributed by atoms with E-state index in [4.69, 9.17) is 16.0 Å². The quantitative estimate of drug-likeness (QED) is 0.123. The van der Waals surface area contributed by atoms with Gasteiger partial charge in [0.15, 0.2) is 6.17 Å². The highest BCUT2D eigenvalue weighted by Gasteiger charge is 2.61. The summed E-state index contributed by atoms with van der Waals surface area (Å²) < 4.78 is 31.6. The topological polar surface area (TPSA) is 203 Å². The van der Waals surface area contributed by atoms with Crippen LogP contribution < -0.4 is 5.32 Å². The van der Waals surface area contributed by atoms with Crippen molar-refractivity contribution < 1.29 is 59.9 Å². The van der Waals surface area contributed by atoms with E-state index in [1.54, 1.807) is 4.90 Å². The molecule has 35 heavy (non-hydrogen) atoms. The van der Waals surface area contributed by atoms with Crippen LogP contribution in [-0.2, 0) is 28.7 Å². The lowest BCUT2D eigenvalue weighted by Gasteiger charge is -2.46. The highest BCUT2D eigenvalue weighted by molar-refractivity contribution is 5.78. The average molecular weight is 511 g/mol. The monoisotopic (exact) mass is 510 g/mol. The molecule has 2 amide bonds. The minimum absolute atomic E-state index is 0.0344. The number of carboxylic acid groups (broad SMARTS) is 1. The van der Waals surface area contributed by atoms with E-state index in [1.807, 2.05) is 0 Å². The fourth-order valence-corrected chi connectivity index (χ4v) is 3.93. The normalized spacial score (nSPS) is 33.1. The van der Waals surface area contributed by atoms with Crippen LogP contribution in [0.5, 0.6) is 0 Å². The zero-order chi connectivity index (χ0) is 27.2. The fraction of sp³-hybridized carbons (Fsp3) is 0.810. The van der Waals surface area contributed by atoms with Crippen molar-refractivity contribution in [3.05, 3.63) is 0 Å². The van der Waals surface area contributed by atoms with Crippen molar-refractivity contribution in [2.24, 2.45) is 0 Å². The second kappa shape index (κ2) is 12.5. The van der Waals surface area contributed by atoms with Gasteiger partial charge in [0.1, 0.15) is 31.0 Å². The first-order valence-corrected chi connectivity index (χ1v) is 11.2. The summed E-state index contributed by atoms with van der Waals surface area (Å²) in [7, 11) is 0. The third kappa shape index (κ3) is 7.30. The number of nitrogens with zero attached hydrogens (tertiary/aromatic N) is 1. The molecule has 14 heteroatoms. The number of amides is 2.